The number of aryl methyl sites for hydroxylation is 1. The summed E-state index contributed by atoms with van der Waals surface area (Å²) in [6.07, 6.45) is 1.47. The van der Waals surface area contributed by atoms with Crippen molar-refractivity contribution >= 4 is 46.3 Å². The predicted molar refractivity (Wildman–Crippen MR) is 142 cm³/mol. The van der Waals surface area contributed by atoms with Gasteiger partial charge in [0.15, 0.2) is 5.78 Å². The van der Waals surface area contributed by atoms with E-state index in [0.29, 0.717) is 51.8 Å². The van der Waals surface area contributed by atoms with Crippen LogP contribution in [0.5, 0.6) is 0 Å². The molecule has 0 spiro atoms. The molecule has 0 saturated heterocycles. The fourth-order valence-electron chi connectivity index (χ4n) is 4.98. The van der Waals surface area contributed by atoms with Crippen molar-refractivity contribution in [3.63, 3.8) is 0 Å². The van der Waals surface area contributed by atoms with Crippen molar-refractivity contribution in [1.29, 1.82) is 5.41 Å². The standard InChI is InChI=1S/C29H23Cl2FN2O2/c1-16-9-14-19(15-21(16)31)34-23-7-4-8-24(35)26(23)25(20-5-2-3-6-22(20)32)27(29(34)33)28(36)17-10-12-18(30)13-11-17/h2-3,5-6,9-15,25,33,36H,4,7-8H2,1H3/b28-27+,33-29?. The van der Waals surface area contributed by atoms with E-state index in [1.165, 1.54) is 6.07 Å². The Kier molecular flexibility index (Phi) is 6.45. The number of Topliss-reactive ketones (excluding diaryl/α,β-unsaturated/α-hetero) is 1. The number of amidine groups is 1. The number of halogens is 3. The highest BCUT2D eigenvalue weighted by atomic mass is 35.5. The molecule has 0 bridgehead atoms. The molecule has 0 radical (unpaired) electrons. The van der Waals surface area contributed by atoms with Gasteiger partial charge in [-0.25, -0.2) is 4.39 Å². The number of rotatable bonds is 3. The second kappa shape index (κ2) is 9.57. The first-order valence-electron chi connectivity index (χ1n) is 11.6. The molecule has 1 heterocycles. The van der Waals surface area contributed by atoms with Gasteiger partial charge in [-0.05, 0) is 67.8 Å². The normalized spacial score (nSPS) is 19.4. The number of nitrogens with zero attached hydrogens (tertiary/aromatic N) is 1. The quantitative estimate of drug-likeness (QED) is 0.343. The molecule has 1 aliphatic heterocycles. The summed E-state index contributed by atoms with van der Waals surface area (Å²) in [6, 6.07) is 18.2. The largest absolute Gasteiger partial charge is 0.507 e. The molecule has 0 aromatic heterocycles. The molecule has 7 heteroatoms. The molecule has 1 atom stereocenters. The van der Waals surface area contributed by atoms with Crippen LogP contribution in [0.3, 0.4) is 0 Å². The molecule has 2 N–H and O–H groups in total. The summed E-state index contributed by atoms with van der Waals surface area (Å²) >= 11 is 12.5. The van der Waals surface area contributed by atoms with Crippen LogP contribution in [-0.4, -0.2) is 16.7 Å². The maximum absolute atomic E-state index is 15.2. The molecule has 3 aromatic carbocycles. The summed E-state index contributed by atoms with van der Waals surface area (Å²) in [6.45, 7) is 1.88. The van der Waals surface area contributed by atoms with Crippen LogP contribution in [0.25, 0.3) is 5.76 Å². The lowest BCUT2D eigenvalue weighted by Gasteiger charge is -2.42. The van der Waals surface area contributed by atoms with Crippen LogP contribution in [0.15, 0.2) is 83.6 Å². The van der Waals surface area contributed by atoms with Crippen LogP contribution in [0.2, 0.25) is 10.0 Å². The number of carbonyl (C=O) groups is 1. The Morgan fingerprint density at radius 2 is 1.78 bits per heavy atom. The van der Waals surface area contributed by atoms with Gasteiger partial charge in [0, 0.05) is 56.0 Å². The maximum atomic E-state index is 15.2. The molecule has 36 heavy (non-hydrogen) atoms. The lowest BCUT2D eigenvalue weighted by molar-refractivity contribution is -0.116. The van der Waals surface area contributed by atoms with Crippen molar-refractivity contribution in [1.82, 2.24) is 0 Å². The molecule has 1 aliphatic carbocycles. The van der Waals surface area contributed by atoms with Gasteiger partial charge in [0.2, 0.25) is 0 Å². The van der Waals surface area contributed by atoms with E-state index in [0.717, 1.165) is 5.56 Å². The van der Waals surface area contributed by atoms with Gasteiger partial charge in [0.05, 0.1) is 0 Å². The summed E-state index contributed by atoms with van der Waals surface area (Å²) in [5.74, 6) is -1.81. The van der Waals surface area contributed by atoms with Crippen LogP contribution < -0.4 is 4.90 Å². The predicted octanol–water partition coefficient (Wildman–Crippen LogP) is 8.00. The Hall–Kier alpha value is -3.41. The topological polar surface area (TPSA) is 64.4 Å². The maximum Gasteiger partial charge on any atom is 0.161 e. The number of hydrogen-bond donors (Lipinski definition) is 2. The molecular formula is C29H23Cl2FN2O2. The number of hydrogen-bond acceptors (Lipinski definition) is 3. The first-order valence-corrected chi connectivity index (χ1v) is 12.4. The van der Waals surface area contributed by atoms with Crippen molar-refractivity contribution in [2.75, 3.05) is 4.90 Å². The van der Waals surface area contributed by atoms with Gasteiger partial charge in [0.1, 0.15) is 17.4 Å². The number of carbonyl (C=O) groups excluding carboxylic acids is 1. The van der Waals surface area contributed by atoms with Crippen molar-refractivity contribution in [3.05, 3.63) is 116 Å². The molecule has 4 nitrogen and oxygen atoms in total. The Balaban J connectivity index is 1.85. The summed E-state index contributed by atoms with van der Waals surface area (Å²) in [4.78, 5) is 15.1. The highest BCUT2D eigenvalue weighted by molar-refractivity contribution is 6.32. The van der Waals surface area contributed by atoms with E-state index in [4.69, 9.17) is 23.2 Å². The zero-order valence-corrected chi connectivity index (χ0v) is 21.0. The Labute approximate surface area is 218 Å². The molecule has 0 saturated carbocycles. The highest BCUT2D eigenvalue weighted by Gasteiger charge is 2.44. The Morgan fingerprint density at radius 3 is 2.47 bits per heavy atom. The van der Waals surface area contributed by atoms with Gasteiger partial charge in [-0.2, -0.15) is 0 Å². The van der Waals surface area contributed by atoms with Gasteiger partial charge >= 0.3 is 0 Å². The third-order valence-corrected chi connectivity index (χ3v) is 7.42. The van der Waals surface area contributed by atoms with Crippen LogP contribution >= 0.6 is 23.2 Å². The van der Waals surface area contributed by atoms with Crippen molar-refractivity contribution in [3.8, 4) is 0 Å². The van der Waals surface area contributed by atoms with Gasteiger partial charge in [-0.15, -0.1) is 0 Å². The summed E-state index contributed by atoms with van der Waals surface area (Å²) in [7, 11) is 0. The third kappa shape index (κ3) is 4.12. The lowest BCUT2D eigenvalue weighted by Crippen LogP contribution is -2.42. The van der Waals surface area contributed by atoms with E-state index in [9.17, 15) is 15.3 Å². The number of aliphatic hydroxyl groups is 1. The minimum absolute atomic E-state index is 0.0379. The van der Waals surface area contributed by atoms with Gasteiger partial charge in [-0.3, -0.25) is 15.1 Å². The van der Waals surface area contributed by atoms with Crippen molar-refractivity contribution in [2.24, 2.45) is 0 Å². The number of nitrogens with one attached hydrogen (secondary N) is 1. The van der Waals surface area contributed by atoms with Crippen LogP contribution in [0, 0.1) is 18.2 Å². The van der Waals surface area contributed by atoms with Crippen LogP contribution in [0.1, 0.15) is 41.9 Å². The second-order valence-electron chi connectivity index (χ2n) is 8.98. The van der Waals surface area contributed by atoms with Crippen LogP contribution in [-0.2, 0) is 4.79 Å². The fourth-order valence-corrected chi connectivity index (χ4v) is 5.28. The fraction of sp³-hybridized carbons (Fsp3) is 0.172. The summed E-state index contributed by atoms with van der Waals surface area (Å²) in [5.41, 5.74) is 3.31. The number of anilines is 1. The minimum Gasteiger partial charge on any atom is -0.507 e. The summed E-state index contributed by atoms with van der Waals surface area (Å²) < 4.78 is 15.2. The van der Waals surface area contributed by atoms with Crippen molar-refractivity contribution < 1.29 is 14.3 Å². The number of allylic oxidation sites excluding steroid dienone is 2. The molecule has 3 aromatic rings. The zero-order valence-electron chi connectivity index (χ0n) is 19.5. The van der Waals surface area contributed by atoms with E-state index in [-0.39, 0.29) is 28.5 Å². The molecule has 2 aliphatic rings. The van der Waals surface area contributed by atoms with E-state index in [2.05, 4.69) is 0 Å². The third-order valence-electron chi connectivity index (χ3n) is 6.76. The monoisotopic (exact) mass is 520 g/mol. The first kappa shape index (κ1) is 24.3. The SMILES string of the molecule is Cc1ccc(N2C(=N)/C(=C(/O)c3ccc(Cl)cc3)C(c3ccccc3F)C3=C2CCCC3=O)cc1Cl. The number of benzene rings is 3. The van der Waals surface area contributed by atoms with Gasteiger partial charge in [-0.1, -0.05) is 47.5 Å². The van der Waals surface area contributed by atoms with E-state index >= 15 is 4.39 Å². The highest BCUT2D eigenvalue weighted by Crippen LogP contribution is 2.48. The number of aliphatic hydroxyl groups excluding tert-OH is 1. The van der Waals surface area contributed by atoms with Gasteiger partial charge < -0.3 is 5.11 Å². The smallest absolute Gasteiger partial charge is 0.161 e. The van der Waals surface area contributed by atoms with E-state index in [1.54, 1.807) is 53.4 Å². The second-order valence-corrected chi connectivity index (χ2v) is 9.82. The Morgan fingerprint density at radius 1 is 1.06 bits per heavy atom. The summed E-state index contributed by atoms with van der Waals surface area (Å²) in [5, 5.41) is 21.9. The van der Waals surface area contributed by atoms with Crippen LogP contribution in [0.4, 0.5) is 10.1 Å². The average Bonchev–Trinajstić information content (AvgIpc) is 2.86. The zero-order chi connectivity index (χ0) is 25.6. The molecule has 0 amide bonds. The average molecular weight is 521 g/mol. The number of ketones is 1. The molecular weight excluding hydrogens is 498 g/mol. The van der Waals surface area contributed by atoms with Crippen molar-refractivity contribution in [2.45, 2.75) is 32.1 Å². The first-order chi connectivity index (χ1) is 17.3. The minimum atomic E-state index is -0.936. The van der Waals surface area contributed by atoms with Gasteiger partial charge in [0.25, 0.3) is 0 Å². The molecule has 5 rings (SSSR count). The lowest BCUT2D eigenvalue weighted by atomic mass is 9.73. The van der Waals surface area contributed by atoms with E-state index < -0.39 is 11.7 Å². The molecule has 1 unspecified atom stereocenters. The van der Waals surface area contributed by atoms with E-state index in [1.807, 2.05) is 19.1 Å². The Bertz CT molecular complexity index is 1460. The molecule has 0 fully saturated rings. The molecule has 182 valence electrons.